The van der Waals surface area contributed by atoms with Gasteiger partial charge in [0.25, 0.3) is 0 Å². The van der Waals surface area contributed by atoms with Crippen LogP contribution in [-0.2, 0) is 26.5 Å². The zero-order valence-corrected chi connectivity index (χ0v) is 26.8. The molecule has 0 atom stereocenters. The first-order chi connectivity index (χ1) is 25.1. The van der Waals surface area contributed by atoms with E-state index >= 15 is 0 Å². The summed E-state index contributed by atoms with van der Waals surface area (Å²) in [7, 11) is 0. The van der Waals surface area contributed by atoms with Crippen LogP contribution in [0.1, 0.15) is 58.1 Å². The Morgan fingerprint density at radius 2 is 1.57 bits per heavy atom. The Morgan fingerprint density at radius 1 is 0.773 bits per heavy atom. The minimum atomic E-state index is -2.49. The van der Waals surface area contributed by atoms with Crippen LogP contribution in [0.3, 0.4) is 0 Å². The predicted octanol–water partition coefficient (Wildman–Crippen LogP) is 10.7. The number of benzene rings is 4. The van der Waals surface area contributed by atoms with E-state index in [2.05, 4.69) is 28.2 Å². The first-order valence-electron chi connectivity index (χ1n) is 19.3. The molecular weight excluding hydrogens is 717 g/mol. The maximum atomic E-state index is 8.80. The molecule has 0 unspecified atom stereocenters. The Kier molecular flexibility index (Phi) is 5.85. The molecule has 7 aromatic rings. The van der Waals surface area contributed by atoms with E-state index in [0.717, 1.165) is 27.1 Å². The molecule has 44 heavy (non-hydrogen) atoms. The first-order valence-corrected chi connectivity index (χ1v) is 13.8. The van der Waals surface area contributed by atoms with Gasteiger partial charge in [-0.25, -0.2) is 0 Å². The third kappa shape index (κ3) is 6.67. The van der Waals surface area contributed by atoms with Crippen molar-refractivity contribution >= 4 is 32.7 Å². The Balaban J connectivity index is 0.000000237. The van der Waals surface area contributed by atoms with Crippen molar-refractivity contribution in [2.24, 2.45) is 5.41 Å². The monoisotopic (exact) mass is 764 g/mol. The molecule has 0 saturated carbocycles. The van der Waals surface area contributed by atoms with E-state index in [-0.39, 0.29) is 42.4 Å². The van der Waals surface area contributed by atoms with Crippen molar-refractivity contribution in [2.75, 3.05) is 0 Å². The molecule has 223 valence electrons. The predicted molar refractivity (Wildman–Crippen MR) is 179 cm³/mol. The number of fused-ring (bicyclic) bond motifs is 5. The van der Waals surface area contributed by atoms with Crippen LogP contribution < -0.4 is 0 Å². The third-order valence-corrected chi connectivity index (χ3v) is 6.85. The van der Waals surface area contributed by atoms with Crippen molar-refractivity contribution in [2.45, 2.75) is 47.7 Å². The van der Waals surface area contributed by atoms with Crippen molar-refractivity contribution in [3.8, 4) is 22.5 Å². The second-order valence-electron chi connectivity index (χ2n) is 11.3. The molecule has 7 rings (SSSR count). The van der Waals surface area contributed by atoms with Gasteiger partial charge in [0, 0.05) is 58.3 Å². The molecule has 0 fully saturated rings. The topological polar surface area (TPSA) is 38.9 Å². The van der Waals surface area contributed by atoms with E-state index in [1.165, 1.54) is 30.6 Å². The molecule has 3 aromatic heterocycles. The number of hydrogen-bond acceptors (Lipinski definition) is 3. The Morgan fingerprint density at radius 3 is 2.30 bits per heavy atom. The molecule has 4 aromatic carbocycles. The molecule has 0 N–H and O–H groups in total. The Hall–Kier alpha value is -4.11. The zero-order valence-electron chi connectivity index (χ0n) is 35.4. The molecule has 0 aliphatic heterocycles. The molecule has 0 spiro atoms. The average molecular weight is 764 g/mol. The quantitative estimate of drug-likeness (QED) is 0.168. The van der Waals surface area contributed by atoms with Gasteiger partial charge in [0.15, 0.2) is 0 Å². The number of aromatic nitrogens is 2. The molecule has 0 amide bonds. The van der Waals surface area contributed by atoms with E-state index < -0.39 is 32.3 Å². The summed E-state index contributed by atoms with van der Waals surface area (Å²) in [5.41, 5.74) is 3.08. The van der Waals surface area contributed by atoms with E-state index in [4.69, 9.17) is 19.5 Å². The summed E-state index contributed by atoms with van der Waals surface area (Å²) in [6, 6.07) is 31.0. The second kappa shape index (κ2) is 12.9. The van der Waals surface area contributed by atoms with E-state index in [9.17, 15) is 0 Å². The van der Waals surface area contributed by atoms with Crippen LogP contribution in [0.15, 0.2) is 102 Å². The van der Waals surface area contributed by atoms with Gasteiger partial charge in [-0.05, 0) is 53.4 Å². The minimum absolute atomic E-state index is 0. The molecule has 1 radical (unpaired) electrons. The van der Waals surface area contributed by atoms with Crippen molar-refractivity contribution < 1.29 is 39.6 Å². The van der Waals surface area contributed by atoms with Crippen molar-refractivity contribution in [3.05, 3.63) is 132 Å². The summed E-state index contributed by atoms with van der Waals surface area (Å²) >= 11 is 0. The molecule has 3 heterocycles. The summed E-state index contributed by atoms with van der Waals surface area (Å²) < 4.78 is 91.5. The van der Waals surface area contributed by atoms with Gasteiger partial charge in [-0.3, -0.25) is 0 Å². The largest absolute Gasteiger partial charge is 0.500 e. The molecule has 3 nitrogen and oxygen atoms in total. The first kappa shape index (κ1) is 20.0. The van der Waals surface area contributed by atoms with Crippen molar-refractivity contribution in [3.63, 3.8) is 0 Å². The fourth-order valence-corrected chi connectivity index (χ4v) is 4.90. The Bertz CT molecular complexity index is 2410. The van der Waals surface area contributed by atoms with Crippen LogP contribution in [0.4, 0.5) is 0 Å². The Labute approximate surface area is 289 Å². The van der Waals surface area contributed by atoms with Crippen LogP contribution in [0.25, 0.3) is 55.2 Å². The maximum Gasteiger partial charge on any atom is 0.128 e. The summed E-state index contributed by atoms with van der Waals surface area (Å²) in [6.07, 6.45) is 0.659. The summed E-state index contributed by atoms with van der Waals surface area (Å²) in [4.78, 5) is 8.51. The van der Waals surface area contributed by atoms with Crippen LogP contribution in [-0.4, -0.2) is 9.97 Å². The fraction of sp³-hybridized carbons (Fsp3) is 0.200. The maximum absolute atomic E-state index is 8.80. The number of nitrogens with zero attached hydrogens (tertiary/aromatic N) is 2. The van der Waals surface area contributed by atoms with E-state index in [1.807, 2.05) is 36.4 Å². The minimum Gasteiger partial charge on any atom is -0.500 e. The van der Waals surface area contributed by atoms with Crippen molar-refractivity contribution in [1.29, 1.82) is 0 Å². The summed E-state index contributed by atoms with van der Waals surface area (Å²) in [5.74, 6) is 0. The van der Waals surface area contributed by atoms with Gasteiger partial charge in [0.2, 0.25) is 0 Å². The molecular formula is C40H36IrN2O-2. The number of hydrogen-bond donors (Lipinski definition) is 0. The molecule has 0 aliphatic rings. The van der Waals surface area contributed by atoms with E-state index in [1.54, 1.807) is 45.0 Å². The van der Waals surface area contributed by atoms with Gasteiger partial charge in [0.1, 0.15) is 5.58 Å². The standard InChI is InChI=1S/C27H24NO.C13H12N.Ir/c1-17-16-28-24(14-19(17)15-27(2,3)4)23-11-7-10-21-22-13-12-18-8-5-6-9-20(18)25(22)29-26(21)23;1-10-3-6-12(7-4-10)13-8-5-11(2)9-14-13;/h5-10,12-14,16H,15H2,1-4H3;3-6,8-9H,1-2H3;/q2*-1;/i1D3,15D2;1D3,2D3;. The molecule has 4 heteroatoms. The zero-order chi connectivity index (χ0) is 39.4. The normalized spacial score (nSPS) is 16.2. The van der Waals surface area contributed by atoms with Gasteiger partial charge < -0.3 is 14.4 Å². The van der Waals surface area contributed by atoms with E-state index in [0.29, 0.717) is 28.1 Å². The van der Waals surface area contributed by atoms with Crippen LogP contribution in [0.2, 0.25) is 0 Å². The smallest absolute Gasteiger partial charge is 0.128 e. The number of rotatable bonds is 3. The van der Waals surface area contributed by atoms with Gasteiger partial charge in [-0.2, -0.15) is 0 Å². The van der Waals surface area contributed by atoms with Crippen molar-refractivity contribution in [1.82, 2.24) is 9.97 Å². The van der Waals surface area contributed by atoms with Gasteiger partial charge in [0.05, 0.1) is 5.58 Å². The van der Waals surface area contributed by atoms with Gasteiger partial charge in [-0.1, -0.05) is 98.7 Å². The van der Waals surface area contributed by atoms with Crippen LogP contribution >= 0.6 is 0 Å². The van der Waals surface area contributed by atoms with Crippen LogP contribution in [0.5, 0.6) is 0 Å². The fourth-order valence-electron chi connectivity index (χ4n) is 4.90. The number of pyridine rings is 2. The summed E-state index contributed by atoms with van der Waals surface area (Å²) in [5, 5.41) is 3.93. The number of aryl methyl sites for hydroxylation is 3. The molecule has 0 bridgehead atoms. The summed E-state index contributed by atoms with van der Waals surface area (Å²) in [6.45, 7) is -1.56. The van der Waals surface area contributed by atoms with Crippen LogP contribution in [0, 0.1) is 38.1 Å². The third-order valence-electron chi connectivity index (χ3n) is 6.85. The molecule has 0 aliphatic carbocycles. The second-order valence-corrected chi connectivity index (χ2v) is 11.3. The van der Waals surface area contributed by atoms with Gasteiger partial charge >= 0.3 is 0 Å². The number of furan rings is 1. The van der Waals surface area contributed by atoms with Gasteiger partial charge in [-0.15, -0.1) is 53.6 Å². The SMILES string of the molecule is [2H]C([2H])([2H])c1c[c-]c(-c2ccc(C([2H])([2H])[2H])cn2)cc1.[2H]C([2H])([2H])c1cnc(-c2[c-]ccc3c2oc2c4ccccc4ccc32)cc1C([2H])([2H])C(C)(C)C.[Ir]. The molecule has 0 saturated heterocycles. The average Bonchev–Trinajstić information content (AvgIpc) is 3.50.